The van der Waals surface area contributed by atoms with Crippen LogP contribution in [0.25, 0.3) is 0 Å². The minimum Gasteiger partial charge on any atom is -0.489 e. The van der Waals surface area contributed by atoms with E-state index in [0.29, 0.717) is 30.9 Å². The van der Waals surface area contributed by atoms with Crippen molar-refractivity contribution in [3.63, 3.8) is 0 Å². The van der Waals surface area contributed by atoms with Gasteiger partial charge in [-0.15, -0.1) is 0 Å². The minimum atomic E-state index is -0.782. The zero-order chi connectivity index (χ0) is 17.9. The van der Waals surface area contributed by atoms with Crippen LogP contribution < -0.4 is 10.1 Å². The smallest absolute Gasteiger partial charge is 0.303 e. The summed E-state index contributed by atoms with van der Waals surface area (Å²) in [7, 11) is 0. The molecule has 1 aromatic carbocycles. The molecule has 0 aliphatic carbocycles. The highest BCUT2D eigenvalue weighted by molar-refractivity contribution is 5.94. The summed E-state index contributed by atoms with van der Waals surface area (Å²) in [5.41, 5.74) is 1.60. The van der Waals surface area contributed by atoms with Crippen LogP contribution in [0.4, 0.5) is 0 Å². The van der Waals surface area contributed by atoms with Crippen LogP contribution >= 0.6 is 0 Å². The summed E-state index contributed by atoms with van der Waals surface area (Å²) < 4.78 is 5.66. The van der Waals surface area contributed by atoms with Crippen molar-refractivity contribution in [2.75, 3.05) is 6.54 Å². The second-order valence-corrected chi connectivity index (χ2v) is 5.63. The lowest BCUT2D eigenvalue weighted by molar-refractivity contribution is -0.137. The number of carbonyl (C=O) groups is 2. The zero-order valence-corrected chi connectivity index (χ0v) is 14.0. The highest BCUT2D eigenvalue weighted by Crippen LogP contribution is 2.14. The number of carbonyl (C=O) groups excluding carboxylic acids is 1. The molecule has 2 N–H and O–H groups in total. The van der Waals surface area contributed by atoms with Gasteiger partial charge in [-0.2, -0.15) is 0 Å². The average Bonchev–Trinajstić information content (AvgIpc) is 2.63. The molecule has 0 aliphatic rings. The molecule has 0 aliphatic heterocycles. The van der Waals surface area contributed by atoms with E-state index in [-0.39, 0.29) is 12.3 Å². The first-order chi connectivity index (χ1) is 12.1. The second kappa shape index (κ2) is 10.1. The number of carboxylic acid groups (broad SMARTS) is 1. The molecule has 6 nitrogen and oxygen atoms in total. The van der Waals surface area contributed by atoms with E-state index in [0.717, 1.165) is 18.4 Å². The summed E-state index contributed by atoms with van der Waals surface area (Å²) in [5.74, 6) is -0.226. The van der Waals surface area contributed by atoms with Crippen molar-refractivity contribution in [3.05, 3.63) is 59.9 Å². The predicted octanol–water partition coefficient (Wildman–Crippen LogP) is 3.04. The molecule has 0 radical (unpaired) electrons. The standard InChI is InChI=1S/C19H22N2O4/c22-18(23)4-2-1-3-11-21-19(24)16-5-7-17(8-6-16)25-14-15-9-12-20-13-10-15/h5-10,12-13H,1-4,11,14H2,(H,21,24)(H,22,23). The molecule has 1 heterocycles. The fourth-order valence-corrected chi connectivity index (χ4v) is 2.23. The summed E-state index contributed by atoms with van der Waals surface area (Å²) in [6.45, 7) is 0.989. The molecule has 0 saturated carbocycles. The first kappa shape index (κ1) is 18.4. The average molecular weight is 342 g/mol. The van der Waals surface area contributed by atoms with Gasteiger partial charge in [-0.25, -0.2) is 0 Å². The van der Waals surface area contributed by atoms with Crippen LogP contribution in [-0.4, -0.2) is 28.5 Å². The summed E-state index contributed by atoms with van der Waals surface area (Å²) in [5, 5.41) is 11.4. The molecule has 2 rings (SSSR count). The highest BCUT2D eigenvalue weighted by atomic mass is 16.5. The largest absolute Gasteiger partial charge is 0.489 e. The maximum Gasteiger partial charge on any atom is 0.303 e. The van der Waals surface area contributed by atoms with Crippen molar-refractivity contribution in [1.82, 2.24) is 10.3 Å². The number of aliphatic carboxylic acids is 1. The Kier molecular flexibility index (Phi) is 7.43. The summed E-state index contributed by atoms with van der Waals surface area (Å²) >= 11 is 0. The first-order valence-electron chi connectivity index (χ1n) is 8.27. The number of rotatable bonds is 10. The number of ether oxygens (including phenoxy) is 1. The lowest BCUT2D eigenvalue weighted by Crippen LogP contribution is -2.24. The van der Waals surface area contributed by atoms with E-state index in [1.54, 1.807) is 36.7 Å². The zero-order valence-electron chi connectivity index (χ0n) is 14.0. The van der Waals surface area contributed by atoms with Crippen molar-refractivity contribution in [3.8, 4) is 5.75 Å². The minimum absolute atomic E-state index is 0.140. The maximum atomic E-state index is 12.0. The Balaban J connectivity index is 1.69. The summed E-state index contributed by atoms with van der Waals surface area (Å²) in [6, 6.07) is 10.8. The Morgan fingerprint density at radius 1 is 1.00 bits per heavy atom. The van der Waals surface area contributed by atoms with E-state index in [1.807, 2.05) is 12.1 Å². The summed E-state index contributed by atoms with van der Waals surface area (Å²) in [4.78, 5) is 26.4. The number of benzene rings is 1. The molecular formula is C19H22N2O4. The van der Waals surface area contributed by atoms with Crippen LogP contribution in [0.2, 0.25) is 0 Å². The van der Waals surface area contributed by atoms with Gasteiger partial charge in [0.15, 0.2) is 0 Å². The van der Waals surface area contributed by atoms with E-state index in [1.165, 1.54) is 0 Å². The van der Waals surface area contributed by atoms with Gasteiger partial charge in [0.25, 0.3) is 5.91 Å². The molecule has 2 aromatic rings. The van der Waals surface area contributed by atoms with Gasteiger partial charge in [-0.1, -0.05) is 6.42 Å². The fraction of sp³-hybridized carbons (Fsp3) is 0.316. The number of hydrogen-bond donors (Lipinski definition) is 2. The maximum absolute atomic E-state index is 12.0. The van der Waals surface area contributed by atoms with Crippen molar-refractivity contribution in [2.24, 2.45) is 0 Å². The van der Waals surface area contributed by atoms with Crippen molar-refractivity contribution in [2.45, 2.75) is 32.3 Å². The van der Waals surface area contributed by atoms with Gasteiger partial charge in [0, 0.05) is 30.9 Å². The van der Waals surface area contributed by atoms with Gasteiger partial charge in [0.2, 0.25) is 0 Å². The fourth-order valence-electron chi connectivity index (χ4n) is 2.23. The van der Waals surface area contributed by atoms with E-state index >= 15 is 0 Å². The van der Waals surface area contributed by atoms with Crippen LogP contribution in [0.15, 0.2) is 48.8 Å². The molecule has 0 spiro atoms. The van der Waals surface area contributed by atoms with Gasteiger partial charge in [-0.3, -0.25) is 14.6 Å². The van der Waals surface area contributed by atoms with Crippen LogP contribution in [0, 0.1) is 0 Å². The lowest BCUT2D eigenvalue weighted by Gasteiger charge is -2.08. The molecule has 1 aromatic heterocycles. The third-order valence-electron chi connectivity index (χ3n) is 3.62. The van der Waals surface area contributed by atoms with Crippen molar-refractivity contribution >= 4 is 11.9 Å². The van der Waals surface area contributed by atoms with Gasteiger partial charge in [0.1, 0.15) is 12.4 Å². The number of hydrogen-bond acceptors (Lipinski definition) is 4. The van der Waals surface area contributed by atoms with E-state index < -0.39 is 5.97 Å². The highest BCUT2D eigenvalue weighted by Gasteiger charge is 2.05. The van der Waals surface area contributed by atoms with E-state index in [4.69, 9.17) is 9.84 Å². The number of nitrogens with one attached hydrogen (secondary N) is 1. The Bertz CT molecular complexity index is 672. The van der Waals surface area contributed by atoms with Gasteiger partial charge >= 0.3 is 5.97 Å². The van der Waals surface area contributed by atoms with Crippen molar-refractivity contribution < 1.29 is 19.4 Å². The van der Waals surface area contributed by atoms with Crippen molar-refractivity contribution in [1.29, 1.82) is 0 Å². The van der Waals surface area contributed by atoms with Crippen LogP contribution in [-0.2, 0) is 11.4 Å². The second-order valence-electron chi connectivity index (χ2n) is 5.63. The topological polar surface area (TPSA) is 88.5 Å². The SMILES string of the molecule is O=C(O)CCCCCNC(=O)c1ccc(OCc2ccncc2)cc1. The molecule has 0 atom stereocenters. The third kappa shape index (κ3) is 7.03. The molecule has 0 fully saturated rings. The predicted molar refractivity (Wildman–Crippen MR) is 93.4 cm³/mol. The van der Waals surface area contributed by atoms with Gasteiger partial charge in [0.05, 0.1) is 0 Å². The third-order valence-corrected chi connectivity index (χ3v) is 3.62. The molecule has 1 amide bonds. The molecule has 0 bridgehead atoms. The molecule has 132 valence electrons. The summed E-state index contributed by atoms with van der Waals surface area (Å²) in [6.07, 6.45) is 5.80. The number of amides is 1. The van der Waals surface area contributed by atoms with Gasteiger partial charge < -0.3 is 15.2 Å². The Morgan fingerprint density at radius 3 is 2.40 bits per heavy atom. The molecule has 25 heavy (non-hydrogen) atoms. The molecular weight excluding hydrogens is 320 g/mol. The Labute approximate surface area is 146 Å². The molecule has 0 saturated heterocycles. The van der Waals surface area contributed by atoms with E-state index in [9.17, 15) is 9.59 Å². The quantitative estimate of drug-likeness (QED) is 0.648. The normalized spacial score (nSPS) is 10.2. The van der Waals surface area contributed by atoms with Gasteiger partial charge in [-0.05, 0) is 54.8 Å². The first-order valence-corrected chi connectivity index (χ1v) is 8.27. The number of pyridine rings is 1. The van der Waals surface area contributed by atoms with Crippen LogP contribution in [0.5, 0.6) is 5.75 Å². The number of aromatic nitrogens is 1. The lowest BCUT2D eigenvalue weighted by atomic mass is 10.2. The number of nitrogens with zero attached hydrogens (tertiary/aromatic N) is 1. The van der Waals surface area contributed by atoms with Crippen LogP contribution in [0.1, 0.15) is 41.6 Å². The number of carboxylic acids is 1. The van der Waals surface area contributed by atoms with E-state index in [2.05, 4.69) is 10.3 Å². The Morgan fingerprint density at radius 2 is 1.72 bits per heavy atom. The van der Waals surface area contributed by atoms with Crippen LogP contribution in [0.3, 0.4) is 0 Å². The number of unbranched alkanes of at least 4 members (excludes halogenated alkanes) is 2. The molecule has 6 heteroatoms. The Hall–Kier alpha value is -2.89. The molecule has 0 unspecified atom stereocenters. The monoisotopic (exact) mass is 342 g/mol.